The number of rotatable bonds is 1. The van der Waals surface area contributed by atoms with E-state index < -0.39 is 8.25 Å². The topological polar surface area (TPSA) is 57.5 Å². The molecule has 0 aliphatic heterocycles. The van der Waals surface area contributed by atoms with Gasteiger partial charge < -0.3 is 9.79 Å². The van der Waals surface area contributed by atoms with Gasteiger partial charge in [0.15, 0.2) is 0 Å². The van der Waals surface area contributed by atoms with E-state index in [1.165, 1.54) is 0 Å². The molecule has 0 saturated heterocycles. The second-order valence-corrected chi connectivity index (χ2v) is 1.91. The second kappa shape index (κ2) is 10.4. The van der Waals surface area contributed by atoms with Gasteiger partial charge in [-0.2, -0.15) is 0 Å². The van der Waals surface area contributed by atoms with Gasteiger partial charge in [-0.15, -0.1) is 11.6 Å². The van der Waals surface area contributed by atoms with Crippen LogP contribution in [-0.4, -0.2) is 15.7 Å². The predicted molar refractivity (Wildman–Crippen MR) is 34.5 cm³/mol. The molecule has 0 aliphatic rings. The monoisotopic (exact) mass is 160 g/mol. The first kappa shape index (κ1) is 11.3. The van der Waals surface area contributed by atoms with Crippen LogP contribution >= 0.6 is 19.9 Å². The van der Waals surface area contributed by atoms with Crippen LogP contribution in [0.15, 0.2) is 0 Å². The Kier molecular flexibility index (Phi) is 14.7. The summed E-state index contributed by atoms with van der Waals surface area (Å²) in [7, 11) is -3.13. The summed E-state index contributed by atoms with van der Waals surface area (Å²) < 4.78 is 8.74. The number of hydrogen-bond donors (Lipinski definition) is 2. The third-order valence-corrected chi connectivity index (χ3v) is 0.567. The van der Waals surface area contributed by atoms with E-state index >= 15 is 0 Å². The van der Waals surface area contributed by atoms with Crippen molar-refractivity contribution < 1.29 is 14.4 Å². The van der Waals surface area contributed by atoms with Crippen molar-refractivity contribution in [2.45, 2.75) is 13.3 Å². The number of alkyl halides is 1. The molecule has 0 aliphatic carbocycles. The highest BCUT2D eigenvalue weighted by Gasteiger charge is 1.61. The minimum atomic E-state index is -3.13. The van der Waals surface area contributed by atoms with Crippen LogP contribution in [0.1, 0.15) is 13.3 Å². The van der Waals surface area contributed by atoms with Gasteiger partial charge in [-0.3, -0.25) is 4.57 Å². The largest absolute Gasteiger partial charge is 0.326 e. The highest BCUT2D eigenvalue weighted by Crippen LogP contribution is 1.98. The molecular formula is C3H10ClO3P. The molecule has 0 radical (unpaired) electrons. The highest BCUT2D eigenvalue weighted by molar-refractivity contribution is 7.30. The molecule has 0 unspecified atom stereocenters. The summed E-state index contributed by atoms with van der Waals surface area (Å²) in [6.45, 7) is 2.05. The molecular weight excluding hydrogens is 150 g/mol. The van der Waals surface area contributed by atoms with Gasteiger partial charge in [0.25, 0.3) is 0 Å². The molecule has 0 fully saturated rings. The molecule has 0 atom stereocenters. The first-order valence-corrected chi connectivity index (χ1v) is 3.96. The predicted octanol–water partition coefficient (Wildman–Crippen LogP) is 0.996. The Morgan fingerprint density at radius 3 is 1.75 bits per heavy atom. The van der Waals surface area contributed by atoms with Crippen LogP contribution in [0, 0.1) is 0 Å². The standard InChI is InChI=1S/C3H7Cl.H3O3P/c1-2-3-4;1-4(2)3/h2-3H2,1H3;4H,(H2,1,2,3). The average Bonchev–Trinajstić information content (AvgIpc) is 1.65. The average molecular weight is 161 g/mol. The van der Waals surface area contributed by atoms with Crippen molar-refractivity contribution in [3.05, 3.63) is 0 Å². The van der Waals surface area contributed by atoms with Crippen molar-refractivity contribution in [1.82, 2.24) is 0 Å². The minimum Gasteiger partial charge on any atom is -0.326 e. The molecule has 2 N–H and O–H groups in total. The van der Waals surface area contributed by atoms with Crippen LogP contribution in [-0.2, 0) is 4.57 Å². The van der Waals surface area contributed by atoms with Gasteiger partial charge in [0, 0.05) is 5.88 Å². The first-order valence-electron chi connectivity index (χ1n) is 2.13. The molecule has 0 saturated carbocycles. The van der Waals surface area contributed by atoms with Crippen molar-refractivity contribution in [2.75, 3.05) is 5.88 Å². The summed E-state index contributed by atoms with van der Waals surface area (Å²) in [5.41, 5.74) is 0. The van der Waals surface area contributed by atoms with Crippen LogP contribution in [0.5, 0.6) is 0 Å². The molecule has 52 valence electrons. The maximum atomic E-state index is 8.74. The van der Waals surface area contributed by atoms with E-state index in [0.29, 0.717) is 0 Å². The van der Waals surface area contributed by atoms with Gasteiger partial charge in [-0.25, -0.2) is 0 Å². The van der Waals surface area contributed by atoms with Crippen molar-refractivity contribution >= 4 is 19.9 Å². The molecule has 8 heavy (non-hydrogen) atoms. The van der Waals surface area contributed by atoms with Gasteiger partial charge in [-0.1, -0.05) is 6.92 Å². The lowest BCUT2D eigenvalue weighted by Crippen LogP contribution is -1.55. The Morgan fingerprint density at radius 1 is 1.62 bits per heavy atom. The summed E-state index contributed by atoms with van der Waals surface area (Å²) in [5, 5.41) is 0. The van der Waals surface area contributed by atoms with Crippen molar-refractivity contribution in [2.24, 2.45) is 0 Å². The van der Waals surface area contributed by atoms with E-state index in [1.54, 1.807) is 0 Å². The second-order valence-electron chi connectivity index (χ2n) is 0.972. The van der Waals surface area contributed by atoms with E-state index in [4.69, 9.17) is 26.0 Å². The normalized spacial score (nSPS) is 8.12. The van der Waals surface area contributed by atoms with E-state index in [1.807, 2.05) is 6.92 Å². The van der Waals surface area contributed by atoms with Gasteiger partial charge in [0.05, 0.1) is 0 Å². The first-order chi connectivity index (χ1) is 3.65. The van der Waals surface area contributed by atoms with Crippen molar-refractivity contribution in [1.29, 1.82) is 0 Å². The molecule has 5 heteroatoms. The molecule has 0 spiro atoms. The Bertz CT molecular complexity index is 52.5. The molecule has 0 heterocycles. The van der Waals surface area contributed by atoms with Crippen LogP contribution in [0.4, 0.5) is 0 Å². The van der Waals surface area contributed by atoms with E-state index in [-0.39, 0.29) is 0 Å². The molecule has 0 rings (SSSR count). The summed E-state index contributed by atoms with van der Waals surface area (Å²) in [5.74, 6) is 0.792. The van der Waals surface area contributed by atoms with E-state index in [0.717, 1.165) is 12.3 Å². The van der Waals surface area contributed by atoms with Crippen LogP contribution < -0.4 is 0 Å². The molecule has 0 bridgehead atoms. The van der Waals surface area contributed by atoms with E-state index in [2.05, 4.69) is 0 Å². The number of hydrogen-bond acceptors (Lipinski definition) is 1. The zero-order valence-corrected chi connectivity index (χ0v) is 6.35. The lowest BCUT2D eigenvalue weighted by atomic mass is 10.6. The fourth-order valence-corrected chi connectivity index (χ4v) is 0. The smallest absolute Gasteiger partial charge is 0.314 e. The van der Waals surface area contributed by atoms with Gasteiger partial charge >= 0.3 is 8.25 Å². The van der Waals surface area contributed by atoms with Crippen LogP contribution in [0.3, 0.4) is 0 Å². The zero-order chi connectivity index (χ0) is 6.99. The molecule has 0 aromatic rings. The lowest BCUT2D eigenvalue weighted by Gasteiger charge is -1.65. The minimum absolute atomic E-state index is 0.792. The number of halogens is 1. The third kappa shape index (κ3) is 91.9. The molecule has 0 aromatic heterocycles. The quantitative estimate of drug-likeness (QED) is 0.444. The maximum absolute atomic E-state index is 8.74. The Morgan fingerprint density at radius 2 is 1.75 bits per heavy atom. The zero-order valence-electron chi connectivity index (χ0n) is 4.59. The summed E-state index contributed by atoms with van der Waals surface area (Å²) in [4.78, 5) is 14.3. The third-order valence-electron chi connectivity index (χ3n) is 0.189. The maximum Gasteiger partial charge on any atom is 0.314 e. The van der Waals surface area contributed by atoms with Crippen LogP contribution in [0.25, 0.3) is 0 Å². The Labute approximate surface area is 54.2 Å². The summed E-state index contributed by atoms with van der Waals surface area (Å²) in [6.07, 6.45) is 1.08. The van der Waals surface area contributed by atoms with E-state index in [9.17, 15) is 0 Å². The SMILES string of the molecule is CCCCl.O=[PH](O)O. The van der Waals surface area contributed by atoms with Crippen LogP contribution in [0.2, 0.25) is 0 Å². The summed E-state index contributed by atoms with van der Waals surface area (Å²) in [6, 6.07) is 0. The fourth-order valence-electron chi connectivity index (χ4n) is 0. The summed E-state index contributed by atoms with van der Waals surface area (Å²) >= 11 is 5.19. The Balaban J connectivity index is 0. The van der Waals surface area contributed by atoms with Gasteiger partial charge in [0.2, 0.25) is 0 Å². The highest BCUT2D eigenvalue weighted by atomic mass is 35.5. The Hall–Kier alpha value is 0.440. The van der Waals surface area contributed by atoms with Crippen molar-refractivity contribution in [3.8, 4) is 0 Å². The molecule has 3 nitrogen and oxygen atoms in total. The molecule has 0 aromatic carbocycles. The lowest BCUT2D eigenvalue weighted by molar-refractivity contribution is 0.405. The van der Waals surface area contributed by atoms with Gasteiger partial charge in [0.1, 0.15) is 0 Å². The molecule has 0 amide bonds. The van der Waals surface area contributed by atoms with Gasteiger partial charge in [-0.05, 0) is 6.42 Å². The van der Waals surface area contributed by atoms with Crippen molar-refractivity contribution in [3.63, 3.8) is 0 Å². The fraction of sp³-hybridized carbons (Fsp3) is 1.00.